The molecule has 152 valence electrons. The van der Waals surface area contributed by atoms with Gasteiger partial charge in [0.05, 0.1) is 12.2 Å². The quantitative estimate of drug-likeness (QED) is 0.637. The molecule has 0 fully saturated rings. The van der Waals surface area contributed by atoms with Crippen LogP contribution in [0.4, 0.5) is 0 Å². The molecule has 3 rings (SSSR count). The average molecular weight is 394 g/mol. The summed E-state index contributed by atoms with van der Waals surface area (Å²) in [5, 5.41) is 2.55. The molecule has 0 aliphatic heterocycles. The second-order valence-corrected chi connectivity index (χ2v) is 6.92. The maximum absolute atomic E-state index is 12.7. The maximum Gasteiger partial charge on any atom is 0.254 e. The molecule has 2 aromatic heterocycles. The van der Waals surface area contributed by atoms with Gasteiger partial charge in [0.2, 0.25) is 5.91 Å². The first-order valence-electron chi connectivity index (χ1n) is 9.67. The molecule has 2 heterocycles. The smallest absolute Gasteiger partial charge is 0.254 e. The molecule has 0 saturated carbocycles. The fourth-order valence-corrected chi connectivity index (χ4v) is 3.03. The summed E-state index contributed by atoms with van der Waals surface area (Å²) in [7, 11) is 1.56. The fraction of sp³-hybridized carbons (Fsp3) is 0.318. The van der Waals surface area contributed by atoms with Crippen molar-refractivity contribution in [2.24, 2.45) is 0 Å². The van der Waals surface area contributed by atoms with E-state index in [0.717, 1.165) is 23.3 Å². The molecule has 2 amide bonds. The molecule has 29 heavy (non-hydrogen) atoms. The summed E-state index contributed by atoms with van der Waals surface area (Å²) in [5.74, 6) is 0.301. The fourth-order valence-electron chi connectivity index (χ4n) is 3.03. The third-order valence-electron chi connectivity index (χ3n) is 4.53. The van der Waals surface area contributed by atoms with Crippen LogP contribution in [0.15, 0.2) is 48.8 Å². The van der Waals surface area contributed by atoms with Gasteiger partial charge in [-0.25, -0.2) is 4.98 Å². The molecule has 0 bridgehead atoms. The first-order chi connectivity index (χ1) is 14.0. The second-order valence-electron chi connectivity index (χ2n) is 6.92. The van der Waals surface area contributed by atoms with Crippen LogP contribution in [0.5, 0.6) is 5.75 Å². The molecule has 7 heteroatoms. The number of hydrogen-bond acceptors (Lipinski definition) is 4. The van der Waals surface area contributed by atoms with Crippen molar-refractivity contribution in [3.05, 3.63) is 65.6 Å². The molecule has 0 spiro atoms. The van der Waals surface area contributed by atoms with E-state index in [9.17, 15) is 9.59 Å². The molecule has 7 nitrogen and oxygen atoms in total. The lowest BCUT2D eigenvalue weighted by atomic mass is 10.2. The van der Waals surface area contributed by atoms with Crippen molar-refractivity contribution >= 4 is 17.5 Å². The van der Waals surface area contributed by atoms with Crippen LogP contribution < -0.4 is 10.1 Å². The lowest BCUT2D eigenvalue weighted by molar-refractivity contribution is -0.121. The van der Waals surface area contributed by atoms with E-state index in [1.165, 1.54) is 0 Å². The topological polar surface area (TPSA) is 75.9 Å². The Bertz CT molecular complexity index is 995. The Morgan fingerprint density at radius 3 is 2.59 bits per heavy atom. The Labute approximate surface area is 170 Å². The molecular weight excluding hydrogens is 368 g/mol. The van der Waals surface area contributed by atoms with Crippen molar-refractivity contribution < 1.29 is 14.3 Å². The van der Waals surface area contributed by atoms with Crippen LogP contribution in [-0.2, 0) is 11.4 Å². The van der Waals surface area contributed by atoms with Crippen LogP contribution in [-0.4, -0.2) is 46.2 Å². The first-order valence-corrected chi connectivity index (χ1v) is 9.67. The normalized spacial score (nSPS) is 10.7. The molecule has 0 aliphatic carbocycles. The number of fused-ring (bicyclic) bond motifs is 1. The van der Waals surface area contributed by atoms with Gasteiger partial charge in [-0.3, -0.25) is 9.59 Å². The van der Waals surface area contributed by atoms with Crippen molar-refractivity contribution in [3.8, 4) is 5.75 Å². The van der Waals surface area contributed by atoms with E-state index in [4.69, 9.17) is 4.74 Å². The van der Waals surface area contributed by atoms with Gasteiger partial charge in [-0.15, -0.1) is 0 Å². The van der Waals surface area contributed by atoms with Gasteiger partial charge in [0, 0.05) is 31.5 Å². The number of pyridine rings is 1. The van der Waals surface area contributed by atoms with Gasteiger partial charge in [-0.05, 0) is 49.2 Å². The number of aryl methyl sites for hydroxylation is 1. The first kappa shape index (κ1) is 20.4. The van der Waals surface area contributed by atoms with Gasteiger partial charge in [0.15, 0.2) is 0 Å². The Balaban J connectivity index is 1.63. The van der Waals surface area contributed by atoms with Crippen LogP contribution >= 0.6 is 0 Å². The number of carbonyl (C=O) groups is 2. The number of nitrogens with one attached hydrogen (secondary N) is 1. The monoisotopic (exact) mass is 394 g/mol. The highest BCUT2D eigenvalue weighted by Gasteiger charge is 2.17. The summed E-state index contributed by atoms with van der Waals surface area (Å²) in [6.45, 7) is 4.93. The van der Waals surface area contributed by atoms with Crippen molar-refractivity contribution in [3.63, 3.8) is 0 Å². The summed E-state index contributed by atoms with van der Waals surface area (Å²) in [6.07, 6.45) is 4.75. The van der Waals surface area contributed by atoms with Crippen LogP contribution in [0, 0.1) is 6.92 Å². The number of likely N-dealkylation sites (N-methyl/N-ethyl adjacent to an activating group) is 1. The number of amides is 2. The SMILES string of the molecule is CCCN(CC(=O)NC)C(=O)c1ccc(OCc2cn3cc(C)ccc3n2)cc1. The second kappa shape index (κ2) is 9.23. The minimum atomic E-state index is -0.186. The molecular formula is C22H26N4O3. The van der Waals surface area contributed by atoms with Crippen molar-refractivity contribution in [1.82, 2.24) is 19.6 Å². The number of aromatic nitrogens is 2. The zero-order valence-electron chi connectivity index (χ0n) is 17.0. The zero-order valence-corrected chi connectivity index (χ0v) is 17.0. The Morgan fingerprint density at radius 1 is 1.14 bits per heavy atom. The van der Waals surface area contributed by atoms with E-state index >= 15 is 0 Å². The third-order valence-corrected chi connectivity index (χ3v) is 4.53. The van der Waals surface area contributed by atoms with E-state index in [2.05, 4.69) is 10.3 Å². The number of ether oxygens (including phenoxy) is 1. The van der Waals surface area contributed by atoms with E-state index < -0.39 is 0 Å². The molecule has 0 atom stereocenters. The molecule has 0 unspecified atom stereocenters. The van der Waals surface area contributed by atoms with Crippen molar-refractivity contribution in [2.45, 2.75) is 26.9 Å². The van der Waals surface area contributed by atoms with Gasteiger partial charge in [-0.2, -0.15) is 0 Å². The predicted molar refractivity (Wildman–Crippen MR) is 111 cm³/mol. The van der Waals surface area contributed by atoms with E-state index in [1.807, 2.05) is 42.8 Å². The summed E-state index contributed by atoms with van der Waals surface area (Å²) in [5.41, 5.74) is 3.40. The Kier molecular flexibility index (Phi) is 6.49. The number of rotatable bonds is 8. The Morgan fingerprint density at radius 2 is 1.90 bits per heavy atom. The van der Waals surface area contributed by atoms with Crippen molar-refractivity contribution in [1.29, 1.82) is 0 Å². The standard InChI is InChI=1S/C22H26N4O3/c1-4-11-25(14-21(27)23-3)22(28)17-6-8-19(9-7-17)29-15-18-13-26-12-16(2)5-10-20(26)24-18/h5-10,12-13H,4,11,14-15H2,1-3H3,(H,23,27). The molecule has 0 aliphatic rings. The highest BCUT2D eigenvalue weighted by Crippen LogP contribution is 2.16. The summed E-state index contributed by atoms with van der Waals surface area (Å²) in [4.78, 5) is 30.4. The Hall–Kier alpha value is -3.35. The maximum atomic E-state index is 12.7. The minimum Gasteiger partial charge on any atom is -0.487 e. The average Bonchev–Trinajstić information content (AvgIpc) is 3.13. The predicted octanol–water partition coefficient (Wildman–Crippen LogP) is 2.82. The zero-order chi connectivity index (χ0) is 20.8. The number of hydrogen-bond donors (Lipinski definition) is 1. The van der Waals surface area contributed by atoms with E-state index in [1.54, 1.807) is 36.2 Å². The summed E-state index contributed by atoms with van der Waals surface area (Å²) in [6, 6.07) is 11.0. The molecule has 1 N–H and O–H groups in total. The largest absolute Gasteiger partial charge is 0.487 e. The van der Waals surface area contributed by atoms with Gasteiger partial charge >= 0.3 is 0 Å². The highest BCUT2D eigenvalue weighted by molar-refractivity contribution is 5.96. The summed E-state index contributed by atoms with van der Waals surface area (Å²) >= 11 is 0. The molecule has 0 saturated heterocycles. The van der Waals surface area contributed by atoms with Crippen LogP contribution in [0.25, 0.3) is 5.65 Å². The molecule has 3 aromatic rings. The van der Waals surface area contributed by atoms with E-state index in [0.29, 0.717) is 24.5 Å². The van der Waals surface area contributed by atoms with Gasteiger partial charge in [-0.1, -0.05) is 13.0 Å². The number of imidazole rings is 1. The van der Waals surface area contributed by atoms with Gasteiger partial charge in [0.1, 0.15) is 18.0 Å². The lowest BCUT2D eigenvalue weighted by Crippen LogP contribution is -2.40. The van der Waals surface area contributed by atoms with Crippen LogP contribution in [0.3, 0.4) is 0 Å². The number of nitrogens with zero attached hydrogens (tertiary/aromatic N) is 3. The highest BCUT2D eigenvalue weighted by atomic mass is 16.5. The van der Waals surface area contributed by atoms with Crippen LogP contribution in [0.1, 0.15) is 35.0 Å². The lowest BCUT2D eigenvalue weighted by Gasteiger charge is -2.21. The van der Waals surface area contributed by atoms with Gasteiger partial charge in [0.25, 0.3) is 5.91 Å². The summed E-state index contributed by atoms with van der Waals surface area (Å²) < 4.78 is 7.79. The van der Waals surface area contributed by atoms with Gasteiger partial charge < -0.3 is 19.4 Å². The van der Waals surface area contributed by atoms with E-state index in [-0.39, 0.29) is 18.4 Å². The molecule has 1 aromatic carbocycles. The molecule has 0 radical (unpaired) electrons. The number of carbonyl (C=O) groups excluding carboxylic acids is 2. The van der Waals surface area contributed by atoms with Crippen molar-refractivity contribution in [2.75, 3.05) is 20.1 Å². The minimum absolute atomic E-state index is 0.0504. The third kappa shape index (κ3) is 5.13. The number of benzene rings is 1. The van der Waals surface area contributed by atoms with Crippen LogP contribution in [0.2, 0.25) is 0 Å².